The van der Waals surface area contributed by atoms with Crippen LogP contribution in [0, 0.1) is 5.92 Å². The maximum Gasteiger partial charge on any atom is 0.170 e. The summed E-state index contributed by atoms with van der Waals surface area (Å²) in [7, 11) is 0. The number of nitrogens with two attached hydrogens (primary N) is 1. The molecule has 4 N–H and O–H groups in total. The fourth-order valence-electron chi connectivity index (χ4n) is 1.70. The number of oxime groups is 1. The molecule has 1 unspecified atom stereocenters. The lowest BCUT2D eigenvalue weighted by Crippen LogP contribution is -2.22. The van der Waals surface area contributed by atoms with E-state index in [0.29, 0.717) is 23.0 Å². The van der Waals surface area contributed by atoms with E-state index in [2.05, 4.69) is 23.7 Å². The minimum absolute atomic E-state index is 0.0648. The average molecular weight is 302 g/mol. The summed E-state index contributed by atoms with van der Waals surface area (Å²) >= 11 is 8.02. The number of thioether (sulfide) groups is 1. The second kappa shape index (κ2) is 8.30. The van der Waals surface area contributed by atoms with Gasteiger partial charge in [-0.3, -0.25) is 0 Å². The van der Waals surface area contributed by atoms with Crippen molar-refractivity contribution in [2.75, 3.05) is 18.6 Å². The molecule has 1 rings (SSSR count). The predicted molar refractivity (Wildman–Crippen MR) is 83.2 cm³/mol. The highest BCUT2D eigenvalue weighted by molar-refractivity contribution is 7.98. The maximum absolute atomic E-state index is 8.61. The van der Waals surface area contributed by atoms with Crippen molar-refractivity contribution in [3.63, 3.8) is 0 Å². The summed E-state index contributed by atoms with van der Waals surface area (Å²) in [4.78, 5) is 0. The molecular formula is C13H20ClN3OS. The van der Waals surface area contributed by atoms with Crippen molar-refractivity contribution < 1.29 is 5.21 Å². The molecule has 0 saturated heterocycles. The Kier molecular flexibility index (Phi) is 7.05. The molecule has 0 bridgehead atoms. The summed E-state index contributed by atoms with van der Waals surface area (Å²) < 4.78 is 0. The highest BCUT2D eigenvalue weighted by Crippen LogP contribution is 2.18. The lowest BCUT2D eigenvalue weighted by atomic mass is 10.1. The number of benzene rings is 1. The molecule has 1 aromatic rings. The van der Waals surface area contributed by atoms with Crippen LogP contribution < -0.4 is 11.1 Å². The summed E-state index contributed by atoms with van der Waals surface area (Å²) in [5.41, 5.74) is 7.13. The molecule has 6 heteroatoms. The molecular weight excluding hydrogens is 282 g/mol. The smallest absolute Gasteiger partial charge is 0.170 e. The van der Waals surface area contributed by atoms with E-state index in [9.17, 15) is 0 Å². The van der Waals surface area contributed by atoms with Gasteiger partial charge in [0, 0.05) is 17.1 Å². The molecule has 106 valence electrons. The van der Waals surface area contributed by atoms with Crippen LogP contribution in [0.2, 0.25) is 5.02 Å². The Labute approximate surface area is 123 Å². The van der Waals surface area contributed by atoms with Crippen LogP contribution >= 0.6 is 23.4 Å². The lowest BCUT2D eigenvalue weighted by Gasteiger charge is -2.12. The molecule has 1 atom stereocenters. The van der Waals surface area contributed by atoms with Crippen molar-refractivity contribution in [3.8, 4) is 0 Å². The van der Waals surface area contributed by atoms with E-state index in [-0.39, 0.29) is 5.84 Å². The zero-order valence-corrected chi connectivity index (χ0v) is 12.8. The molecule has 0 fully saturated rings. The minimum atomic E-state index is 0.0648. The highest BCUT2D eigenvalue weighted by atomic mass is 35.5. The van der Waals surface area contributed by atoms with Gasteiger partial charge >= 0.3 is 0 Å². The van der Waals surface area contributed by atoms with Crippen molar-refractivity contribution in [2.24, 2.45) is 16.8 Å². The molecule has 0 aliphatic rings. The highest BCUT2D eigenvalue weighted by Gasteiger charge is 2.06. The molecule has 0 heterocycles. The second-order valence-electron chi connectivity index (χ2n) is 4.48. The van der Waals surface area contributed by atoms with Gasteiger partial charge in [-0.2, -0.15) is 11.8 Å². The Balaban J connectivity index is 2.56. The van der Waals surface area contributed by atoms with Gasteiger partial charge in [-0.25, -0.2) is 0 Å². The van der Waals surface area contributed by atoms with Gasteiger partial charge in [0.1, 0.15) is 0 Å². The fraction of sp³-hybridized carbons (Fsp3) is 0.462. The molecule has 19 heavy (non-hydrogen) atoms. The van der Waals surface area contributed by atoms with Gasteiger partial charge in [0.25, 0.3) is 0 Å². The first-order valence-electron chi connectivity index (χ1n) is 6.04. The van der Waals surface area contributed by atoms with Gasteiger partial charge in [-0.15, -0.1) is 0 Å². The monoisotopic (exact) mass is 301 g/mol. The number of halogens is 1. The number of nitrogens with zero attached hydrogens (tertiary/aromatic N) is 1. The summed E-state index contributed by atoms with van der Waals surface area (Å²) in [6, 6.07) is 5.39. The third kappa shape index (κ3) is 5.30. The normalized spacial score (nSPS) is 13.5. The van der Waals surface area contributed by atoms with Gasteiger partial charge in [-0.05, 0) is 36.1 Å². The first kappa shape index (κ1) is 16.1. The molecule has 0 saturated carbocycles. The van der Waals surface area contributed by atoms with Gasteiger partial charge in [-0.1, -0.05) is 35.8 Å². The van der Waals surface area contributed by atoms with Crippen LogP contribution in [0.1, 0.15) is 18.1 Å². The van der Waals surface area contributed by atoms with E-state index in [1.54, 1.807) is 12.1 Å². The van der Waals surface area contributed by atoms with Crippen molar-refractivity contribution in [3.05, 3.63) is 34.3 Å². The van der Waals surface area contributed by atoms with E-state index in [1.807, 2.05) is 17.8 Å². The van der Waals surface area contributed by atoms with Crippen molar-refractivity contribution in [2.45, 2.75) is 13.5 Å². The number of amidine groups is 1. The SMILES string of the molecule is CSCC(C)CNCc1ccc(/C(N)=N/O)cc1Cl. The molecule has 0 aliphatic carbocycles. The first-order valence-corrected chi connectivity index (χ1v) is 7.81. The Bertz CT molecular complexity index is 440. The topological polar surface area (TPSA) is 70.6 Å². The zero-order valence-electron chi connectivity index (χ0n) is 11.2. The van der Waals surface area contributed by atoms with Crippen LogP contribution in [0.4, 0.5) is 0 Å². The van der Waals surface area contributed by atoms with Crippen molar-refractivity contribution in [1.82, 2.24) is 5.32 Å². The number of hydrogen-bond acceptors (Lipinski definition) is 4. The largest absolute Gasteiger partial charge is 0.409 e. The summed E-state index contributed by atoms with van der Waals surface area (Å²) in [6.45, 7) is 3.89. The molecule has 0 aliphatic heterocycles. The van der Waals surface area contributed by atoms with Crippen LogP contribution in [0.15, 0.2) is 23.4 Å². The van der Waals surface area contributed by atoms with Crippen LogP contribution in [0.25, 0.3) is 0 Å². The summed E-state index contributed by atoms with van der Waals surface area (Å²) in [6.07, 6.45) is 2.11. The minimum Gasteiger partial charge on any atom is -0.409 e. The summed E-state index contributed by atoms with van der Waals surface area (Å²) in [5.74, 6) is 1.84. The molecule has 0 aromatic heterocycles. The molecule has 1 aromatic carbocycles. The second-order valence-corrected chi connectivity index (χ2v) is 5.80. The molecule has 0 radical (unpaired) electrons. The molecule has 0 spiro atoms. The van der Waals surface area contributed by atoms with Crippen LogP contribution in [0.5, 0.6) is 0 Å². The maximum atomic E-state index is 8.61. The zero-order chi connectivity index (χ0) is 14.3. The molecule has 0 amide bonds. The Morgan fingerprint density at radius 2 is 2.32 bits per heavy atom. The van der Waals surface area contributed by atoms with Gasteiger partial charge < -0.3 is 16.3 Å². The van der Waals surface area contributed by atoms with Crippen LogP contribution in [-0.2, 0) is 6.54 Å². The van der Waals surface area contributed by atoms with Crippen molar-refractivity contribution >= 4 is 29.2 Å². The van der Waals surface area contributed by atoms with Gasteiger partial charge in [0.15, 0.2) is 5.84 Å². The van der Waals surface area contributed by atoms with Crippen LogP contribution in [-0.4, -0.2) is 29.6 Å². The first-order chi connectivity index (χ1) is 9.08. The lowest BCUT2D eigenvalue weighted by molar-refractivity contribution is 0.318. The van der Waals surface area contributed by atoms with E-state index >= 15 is 0 Å². The molecule has 4 nitrogen and oxygen atoms in total. The number of nitrogens with one attached hydrogen (secondary N) is 1. The Hall–Kier alpha value is -0.910. The Morgan fingerprint density at radius 1 is 1.58 bits per heavy atom. The van der Waals surface area contributed by atoms with E-state index in [1.165, 1.54) is 0 Å². The van der Waals surface area contributed by atoms with Crippen LogP contribution in [0.3, 0.4) is 0 Å². The van der Waals surface area contributed by atoms with Gasteiger partial charge in [0.2, 0.25) is 0 Å². The number of rotatable bonds is 7. The fourth-order valence-corrected chi connectivity index (χ4v) is 2.64. The standard InChI is InChI=1S/C13H20ClN3OS/c1-9(8-19-2)6-16-7-11-4-3-10(5-12(11)14)13(15)17-18/h3-5,9,16,18H,6-8H2,1-2H3,(H2,15,17). The third-order valence-electron chi connectivity index (χ3n) is 2.72. The quantitative estimate of drug-likeness (QED) is 0.313. The van der Waals surface area contributed by atoms with Gasteiger partial charge in [0.05, 0.1) is 0 Å². The Morgan fingerprint density at radius 3 is 2.89 bits per heavy atom. The predicted octanol–water partition coefficient (Wildman–Crippen LogP) is 2.52. The van der Waals surface area contributed by atoms with E-state index in [0.717, 1.165) is 17.9 Å². The number of hydrogen-bond donors (Lipinski definition) is 3. The average Bonchev–Trinajstić information content (AvgIpc) is 2.40. The van der Waals surface area contributed by atoms with Crippen molar-refractivity contribution in [1.29, 1.82) is 0 Å². The third-order valence-corrected chi connectivity index (χ3v) is 3.97. The summed E-state index contributed by atoms with van der Waals surface area (Å²) in [5, 5.41) is 15.6. The van der Waals surface area contributed by atoms with E-state index < -0.39 is 0 Å². The van der Waals surface area contributed by atoms with E-state index in [4.69, 9.17) is 22.5 Å².